The van der Waals surface area contributed by atoms with Crippen molar-refractivity contribution in [3.05, 3.63) is 59.7 Å². The Morgan fingerprint density at radius 3 is 2.56 bits per heavy atom. The molecular formula is C19H18N2O4. The van der Waals surface area contributed by atoms with Crippen LogP contribution in [0.3, 0.4) is 0 Å². The first-order chi connectivity index (χ1) is 12.1. The van der Waals surface area contributed by atoms with Gasteiger partial charge in [-0.15, -0.1) is 0 Å². The molecule has 3 amide bonds. The van der Waals surface area contributed by atoms with Crippen molar-refractivity contribution in [3.8, 4) is 5.75 Å². The van der Waals surface area contributed by atoms with Crippen LogP contribution in [0.15, 0.2) is 48.5 Å². The Balaban J connectivity index is 1.56. The molecule has 3 rings (SSSR count). The highest BCUT2D eigenvalue weighted by molar-refractivity contribution is 6.24. The van der Waals surface area contributed by atoms with Crippen molar-refractivity contribution < 1.29 is 19.1 Å². The maximum Gasteiger partial charge on any atom is 0.263 e. The molecule has 1 aliphatic rings. The molecule has 25 heavy (non-hydrogen) atoms. The first-order valence-electron chi connectivity index (χ1n) is 8.01. The van der Waals surface area contributed by atoms with Crippen LogP contribution in [0.1, 0.15) is 33.6 Å². The summed E-state index contributed by atoms with van der Waals surface area (Å²) >= 11 is 0. The highest BCUT2D eigenvalue weighted by Gasteiger charge is 2.35. The number of nitrogens with zero attached hydrogens (tertiary/aromatic N) is 1. The van der Waals surface area contributed by atoms with E-state index in [0.717, 1.165) is 10.6 Å². The van der Waals surface area contributed by atoms with Gasteiger partial charge in [0.25, 0.3) is 11.8 Å². The van der Waals surface area contributed by atoms with Gasteiger partial charge in [-0.1, -0.05) is 24.3 Å². The van der Waals surface area contributed by atoms with Crippen LogP contribution >= 0.6 is 0 Å². The number of nitrogens with one attached hydrogen (secondary N) is 1. The van der Waals surface area contributed by atoms with Gasteiger partial charge in [-0.3, -0.25) is 19.3 Å². The van der Waals surface area contributed by atoms with Gasteiger partial charge in [-0.25, -0.2) is 0 Å². The van der Waals surface area contributed by atoms with E-state index in [2.05, 4.69) is 5.32 Å². The summed E-state index contributed by atoms with van der Waals surface area (Å²) in [5.74, 6) is -0.216. The number of benzene rings is 2. The second kappa shape index (κ2) is 7.17. The van der Waals surface area contributed by atoms with Gasteiger partial charge in [0.1, 0.15) is 5.75 Å². The van der Waals surface area contributed by atoms with Crippen LogP contribution in [-0.4, -0.2) is 36.3 Å². The monoisotopic (exact) mass is 338 g/mol. The lowest BCUT2D eigenvalue weighted by molar-refractivity contribution is -0.116. The minimum atomic E-state index is -0.400. The van der Waals surface area contributed by atoms with E-state index in [1.807, 2.05) is 30.3 Å². The van der Waals surface area contributed by atoms with E-state index in [4.69, 9.17) is 4.74 Å². The summed E-state index contributed by atoms with van der Waals surface area (Å²) in [5, 5.41) is 2.72. The van der Waals surface area contributed by atoms with E-state index in [9.17, 15) is 14.4 Å². The van der Waals surface area contributed by atoms with E-state index in [1.54, 1.807) is 18.2 Å². The van der Waals surface area contributed by atoms with Crippen molar-refractivity contribution in [1.29, 1.82) is 0 Å². The fourth-order valence-electron chi connectivity index (χ4n) is 2.66. The Bertz CT molecular complexity index is 817. The SMILES string of the molecule is CN1C(=O)c2cccc(NC(=O)CCCOc3ccccc3)c2C1=O. The zero-order valence-electron chi connectivity index (χ0n) is 13.8. The summed E-state index contributed by atoms with van der Waals surface area (Å²) in [6.07, 6.45) is 0.803. The number of para-hydroxylation sites is 1. The van der Waals surface area contributed by atoms with E-state index in [0.29, 0.717) is 24.3 Å². The largest absolute Gasteiger partial charge is 0.494 e. The Hall–Kier alpha value is -3.15. The van der Waals surface area contributed by atoms with Gasteiger partial charge in [-0.05, 0) is 30.7 Å². The van der Waals surface area contributed by atoms with Gasteiger partial charge in [0.2, 0.25) is 5.91 Å². The molecule has 0 bridgehead atoms. The number of rotatable bonds is 6. The summed E-state index contributed by atoms with van der Waals surface area (Å²) in [7, 11) is 1.43. The molecular weight excluding hydrogens is 320 g/mol. The quantitative estimate of drug-likeness (QED) is 0.649. The van der Waals surface area contributed by atoms with Crippen molar-refractivity contribution >= 4 is 23.4 Å². The average molecular weight is 338 g/mol. The third-order valence-electron chi connectivity index (χ3n) is 3.95. The van der Waals surface area contributed by atoms with Crippen LogP contribution in [0.2, 0.25) is 0 Å². The molecule has 0 atom stereocenters. The molecule has 0 unspecified atom stereocenters. The fourth-order valence-corrected chi connectivity index (χ4v) is 2.66. The third-order valence-corrected chi connectivity index (χ3v) is 3.95. The Kier molecular flexibility index (Phi) is 4.79. The molecule has 2 aromatic rings. The Labute approximate surface area is 145 Å². The van der Waals surface area contributed by atoms with Crippen LogP contribution in [0.25, 0.3) is 0 Å². The maximum absolute atomic E-state index is 12.2. The zero-order valence-corrected chi connectivity index (χ0v) is 13.8. The lowest BCUT2D eigenvalue weighted by Gasteiger charge is -2.09. The molecule has 1 heterocycles. The predicted octanol–water partition coefficient (Wildman–Crippen LogP) is 2.71. The lowest BCUT2D eigenvalue weighted by atomic mass is 10.1. The van der Waals surface area contributed by atoms with Crippen LogP contribution in [0, 0.1) is 0 Å². The second-order valence-corrected chi connectivity index (χ2v) is 5.71. The van der Waals surface area contributed by atoms with Crippen molar-refractivity contribution in [1.82, 2.24) is 4.90 Å². The molecule has 0 aliphatic carbocycles. The topological polar surface area (TPSA) is 75.7 Å². The second-order valence-electron chi connectivity index (χ2n) is 5.71. The van der Waals surface area contributed by atoms with Crippen molar-refractivity contribution in [2.45, 2.75) is 12.8 Å². The van der Waals surface area contributed by atoms with Gasteiger partial charge in [0, 0.05) is 13.5 Å². The number of hydrogen-bond acceptors (Lipinski definition) is 4. The van der Waals surface area contributed by atoms with E-state index >= 15 is 0 Å². The van der Waals surface area contributed by atoms with E-state index in [-0.39, 0.29) is 23.8 Å². The van der Waals surface area contributed by atoms with Gasteiger partial charge < -0.3 is 10.1 Å². The van der Waals surface area contributed by atoms with Crippen LogP contribution in [-0.2, 0) is 4.79 Å². The molecule has 2 aromatic carbocycles. The summed E-state index contributed by atoms with van der Waals surface area (Å²) in [6, 6.07) is 14.2. The normalized spacial score (nSPS) is 12.9. The molecule has 1 N–H and O–H groups in total. The Morgan fingerprint density at radius 1 is 1.04 bits per heavy atom. The number of fused-ring (bicyclic) bond motifs is 1. The number of carbonyl (C=O) groups excluding carboxylic acids is 3. The Morgan fingerprint density at radius 2 is 1.80 bits per heavy atom. The van der Waals surface area contributed by atoms with Crippen molar-refractivity contribution in [2.75, 3.05) is 19.0 Å². The van der Waals surface area contributed by atoms with Crippen molar-refractivity contribution in [3.63, 3.8) is 0 Å². The van der Waals surface area contributed by atoms with Gasteiger partial charge >= 0.3 is 0 Å². The highest BCUT2D eigenvalue weighted by Crippen LogP contribution is 2.28. The predicted molar refractivity (Wildman–Crippen MR) is 92.7 cm³/mol. The lowest BCUT2D eigenvalue weighted by Crippen LogP contribution is -2.24. The van der Waals surface area contributed by atoms with Crippen LogP contribution in [0.4, 0.5) is 5.69 Å². The fraction of sp³-hybridized carbons (Fsp3) is 0.211. The minimum Gasteiger partial charge on any atom is -0.494 e. The molecule has 0 saturated heterocycles. The van der Waals surface area contributed by atoms with Gasteiger partial charge in [0.15, 0.2) is 0 Å². The molecule has 0 fully saturated rings. The van der Waals surface area contributed by atoms with Gasteiger partial charge in [0.05, 0.1) is 23.4 Å². The molecule has 0 radical (unpaired) electrons. The maximum atomic E-state index is 12.2. The smallest absolute Gasteiger partial charge is 0.263 e. The standard InChI is InChI=1S/C19H18N2O4/c1-21-18(23)14-9-5-10-15(17(14)19(21)24)20-16(22)11-6-12-25-13-7-3-2-4-8-13/h2-5,7-10H,6,11-12H2,1H3,(H,20,22). The minimum absolute atomic E-state index is 0.222. The third kappa shape index (κ3) is 3.52. The first kappa shape index (κ1) is 16.7. The number of imide groups is 1. The number of hydrogen-bond donors (Lipinski definition) is 1. The molecule has 0 aromatic heterocycles. The molecule has 1 aliphatic heterocycles. The number of ether oxygens (including phenoxy) is 1. The number of anilines is 1. The van der Waals surface area contributed by atoms with E-state index in [1.165, 1.54) is 7.05 Å². The zero-order chi connectivity index (χ0) is 17.8. The summed E-state index contributed by atoms with van der Waals surface area (Å²) in [6.45, 7) is 0.421. The number of amides is 3. The summed E-state index contributed by atoms with van der Waals surface area (Å²) in [4.78, 5) is 37.3. The van der Waals surface area contributed by atoms with Crippen LogP contribution < -0.4 is 10.1 Å². The van der Waals surface area contributed by atoms with E-state index < -0.39 is 5.91 Å². The van der Waals surface area contributed by atoms with Crippen molar-refractivity contribution in [2.24, 2.45) is 0 Å². The first-order valence-corrected chi connectivity index (χ1v) is 8.01. The number of carbonyl (C=O) groups is 3. The molecule has 6 heteroatoms. The molecule has 128 valence electrons. The summed E-state index contributed by atoms with van der Waals surface area (Å²) < 4.78 is 5.54. The molecule has 0 spiro atoms. The summed E-state index contributed by atoms with van der Waals surface area (Å²) in [5.41, 5.74) is 0.941. The molecule has 0 saturated carbocycles. The van der Waals surface area contributed by atoms with Gasteiger partial charge in [-0.2, -0.15) is 0 Å². The molecule has 6 nitrogen and oxygen atoms in total. The highest BCUT2D eigenvalue weighted by atomic mass is 16.5. The average Bonchev–Trinajstić information content (AvgIpc) is 2.85. The van der Waals surface area contributed by atoms with Crippen LogP contribution in [0.5, 0.6) is 5.75 Å².